The van der Waals surface area contributed by atoms with Gasteiger partial charge in [0.2, 0.25) is 11.8 Å². The summed E-state index contributed by atoms with van der Waals surface area (Å²) in [6, 6.07) is 0. The highest BCUT2D eigenvalue weighted by molar-refractivity contribution is 5.78. The molecule has 4 nitrogen and oxygen atoms in total. The van der Waals surface area contributed by atoms with Crippen molar-refractivity contribution in [2.45, 2.75) is 58.8 Å². The van der Waals surface area contributed by atoms with Gasteiger partial charge in [0, 0.05) is 39.0 Å². The Kier molecular flexibility index (Phi) is 7.53. The van der Waals surface area contributed by atoms with E-state index in [4.69, 9.17) is 0 Å². The average Bonchev–Trinajstić information content (AvgIpc) is 2.98. The fourth-order valence-electron chi connectivity index (χ4n) is 2.50. The molecule has 0 spiro atoms. The van der Waals surface area contributed by atoms with E-state index in [-0.39, 0.29) is 0 Å². The Morgan fingerprint density at radius 1 is 0.842 bits per heavy atom. The molecule has 0 aromatic carbocycles. The van der Waals surface area contributed by atoms with Crippen molar-refractivity contribution in [2.75, 3.05) is 26.2 Å². The number of carbonyl (C=O) groups excluding carboxylic acids is 2. The van der Waals surface area contributed by atoms with Gasteiger partial charge in [0.05, 0.1) is 0 Å². The van der Waals surface area contributed by atoms with E-state index in [0.717, 1.165) is 64.7 Å². The molecule has 0 N–H and O–H groups in total. The van der Waals surface area contributed by atoms with Crippen molar-refractivity contribution in [1.29, 1.82) is 0 Å². The molecule has 19 heavy (non-hydrogen) atoms. The predicted molar refractivity (Wildman–Crippen MR) is 76.8 cm³/mol. The van der Waals surface area contributed by atoms with Crippen molar-refractivity contribution in [1.82, 2.24) is 9.80 Å². The zero-order valence-corrected chi connectivity index (χ0v) is 12.5. The summed E-state index contributed by atoms with van der Waals surface area (Å²) < 4.78 is 0. The molecule has 2 rings (SSSR count). The maximum absolute atomic E-state index is 11.0. The van der Waals surface area contributed by atoms with E-state index in [2.05, 4.69) is 13.8 Å². The summed E-state index contributed by atoms with van der Waals surface area (Å²) in [7, 11) is 0. The van der Waals surface area contributed by atoms with Crippen LogP contribution < -0.4 is 0 Å². The number of likely N-dealkylation sites (tertiary alicyclic amines) is 2. The van der Waals surface area contributed by atoms with Gasteiger partial charge in [-0.15, -0.1) is 0 Å². The van der Waals surface area contributed by atoms with Crippen LogP contribution in [0.5, 0.6) is 0 Å². The minimum atomic E-state index is 0.344. The third-order valence-corrected chi connectivity index (χ3v) is 3.62. The van der Waals surface area contributed by atoms with Crippen LogP contribution in [0.25, 0.3) is 0 Å². The van der Waals surface area contributed by atoms with Crippen LogP contribution >= 0.6 is 0 Å². The topological polar surface area (TPSA) is 40.6 Å². The molecular formula is C15H28N2O2. The van der Waals surface area contributed by atoms with Gasteiger partial charge in [0.1, 0.15) is 0 Å². The van der Waals surface area contributed by atoms with Gasteiger partial charge in [-0.1, -0.05) is 20.3 Å². The van der Waals surface area contributed by atoms with E-state index in [1.54, 1.807) is 0 Å². The molecule has 2 aliphatic rings. The van der Waals surface area contributed by atoms with E-state index in [9.17, 15) is 9.59 Å². The molecule has 4 heteroatoms. The molecule has 2 saturated heterocycles. The quantitative estimate of drug-likeness (QED) is 0.768. The summed E-state index contributed by atoms with van der Waals surface area (Å²) in [5.41, 5.74) is 0. The van der Waals surface area contributed by atoms with Crippen molar-refractivity contribution < 1.29 is 9.59 Å². The standard InChI is InChI=1S/C8H15NO.C7H13NO/c1-2-3-6-9-7-4-5-8(9)10;1-2-5-8-6-3-4-7(8)9/h2-7H2,1H3;2-6H2,1H3. The van der Waals surface area contributed by atoms with E-state index in [1.165, 1.54) is 6.42 Å². The zero-order chi connectivity index (χ0) is 14.1. The second-order valence-corrected chi connectivity index (χ2v) is 5.32. The second-order valence-electron chi connectivity index (χ2n) is 5.32. The van der Waals surface area contributed by atoms with Gasteiger partial charge in [-0.3, -0.25) is 9.59 Å². The number of nitrogens with zero attached hydrogens (tertiary/aromatic N) is 2. The Bertz CT molecular complexity index is 292. The van der Waals surface area contributed by atoms with Gasteiger partial charge in [0.15, 0.2) is 0 Å². The van der Waals surface area contributed by atoms with E-state index in [0.29, 0.717) is 11.8 Å². The summed E-state index contributed by atoms with van der Waals surface area (Å²) >= 11 is 0. The van der Waals surface area contributed by atoms with Crippen molar-refractivity contribution in [2.24, 2.45) is 0 Å². The van der Waals surface area contributed by atoms with E-state index < -0.39 is 0 Å². The van der Waals surface area contributed by atoms with Crippen LogP contribution in [0.15, 0.2) is 0 Å². The highest BCUT2D eigenvalue weighted by Gasteiger charge is 2.18. The van der Waals surface area contributed by atoms with Crippen LogP contribution in [-0.2, 0) is 9.59 Å². The number of hydrogen-bond acceptors (Lipinski definition) is 2. The minimum Gasteiger partial charge on any atom is -0.343 e. The third-order valence-electron chi connectivity index (χ3n) is 3.62. The zero-order valence-electron chi connectivity index (χ0n) is 12.5. The Morgan fingerprint density at radius 2 is 1.37 bits per heavy atom. The smallest absolute Gasteiger partial charge is 0.222 e. The van der Waals surface area contributed by atoms with Gasteiger partial charge >= 0.3 is 0 Å². The lowest BCUT2D eigenvalue weighted by molar-refractivity contribution is -0.128. The molecule has 0 radical (unpaired) electrons. The Morgan fingerprint density at radius 3 is 1.74 bits per heavy atom. The van der Waals surface area contributed by atoms with Crippen LogP contribution in [0.1, 0.15) is 58.8 Å². The lowest BCUT2D eigenvalue weighted by Crippen LogP contribution is -2.25. The van der Waals surface area contributed by atoms with Crippen LogP contribution in [0, 0.1) is 0 Å². The third kappa shape index (κ3) is 5.62. The molecule has 2 aliphatic heterocycles. The molecule has 0 saturated carbocycles. The first-order valence-corrected chi connectivity index (χ1v) is 7.74. The first kappa shape index (κ1) is 16.0. The minimum absolute atomic E-state index is 0.344. The lowest BCUT2D eigenvalue weighted by Gasteiger charge is -2.13. The molecule has 2 heterocycles. The number of carbonyl (C=O) groups is 2. The molecule has 0 aliphatic carbocycles. The predicted octanol–water partition coefficient (Wildman–Crippen LogP) is 2.43. The van der Waals surface area contributed by atoms with E-state index in [1.807, 2.05) is 9.80 Å². The number of hydrogen-bond donors (Lipinski definition) is 0. The number of rotatable bonds is 5. The SMILES string of the molecule is CCCCN1CCCC1=O.CCCN1CCCC1=O. The van der Waals surface area contributed by atoms with Gasteiger partial charge < -0.3 is 9.80 Å². The second kappa shape index (κ2) is 8.94. The molecule has 110 valence electrons. The van der Waals surface area contributed by atoms with Crippen molar-refractivity contribution in [3.05, 3.63) is 0 Å². The monoisotopic (exact) mass is 268 g/mol. The van der Waals surface area contributed by atoms with Crippen molar-refractivity contribution in [3.63, 3.8) is 0 Å². The lowest BCUT2D eigenvalue weighted by atomic mass is 10.3. The van der Waals surface area contributed by atoms with Gasteiger partial charge in [-0.05, 0) is 25.7 Å². The Balaban J connectivity index is 0.000000191. The van der Waals surface area contributed by atoms with Gasteiger partial charge in [-0.25, -0.2) is 0 Å². The molecule has 2 fully saturated rings. The van der Waals surface area contributed by atoms with Crippen molar-refractivity contribution >= 4 is 11.8 Å². The summed E-state index contributed by atoms with van der Waals surface area (Å²) in [6.45, 7) is 8.19. The summed E-state index contributed by atoms with van der Waals surface area (Å²) in [5.74, 6) is 0.699. The van der Waals surface area contributed by atoms with Crippen LogP contribution in [0.3, 0.4) is 0 Å². The van der Waals surface area contributed by atoms with Crippen LogP contribution in [0.4, 0.5) is 0 Å². The molecular weight excluding hydrogens is 240 g/mol. The first-order valence-electron chi connectivity index (χ1n) is 7.74. The van der Waals surface area contributed by atoms with Crippen LogP contribution in [-0.4, -0.2) is 47.8 Å². The molecule has 2 amide bonds. The highest BCUT2D eigenvalue weighted by Crippen LogP contribution is 2.10. The average molecular weight is 268 g/mol. The molecule has 0 aromatic rings. The normalized spacial score (nSPS) is 18.8. The van der Waals surface area contributed by atoms with Gasteiger partial charge in [-0.2, -0.15) is 0 Å². The van der Waals surface area contributed by atoms with Crippen LogP contribution in [0.2, 0.25) is 0 Å². The highest BCUT2D eigenvalue weighted by atomic mass is 16.2. The Hall–Kier alpha value is -1.06. The molecule has 0 aromatic heterocycles. The summed E-state index contributed by atoms with van der Waals surface area (Å²) in [6.07, 6.45) is 7.13. The summed E-state index contributed by atoms with van der Waals surface area (Å²) in [4.78, 5) is 25.8. The number of amides is 2. The number of unbranched alkanes of at least 4 members (excludes halogenated alkanes) is 1. The molecule has 0 unspecified atom stereocenters. The molecule has 0 bridgehead atoms. The summed E-state index contributed by atoms with van der Waals surface area (Å²) in [5, 5.41) is 0. The fraction of sp³-hybridized carbons (Fsp3) is 0.867. The Labute approximate surface area is 117 Å². The molecule has 0 atom stereocenters. The maximum atomic E-state index is 11.0. The first-order chi connectivity index (χ1) is 9.19. The van der Waals surface area contributed by atoms with Crippen molar-refractivity contribution in [3.8, 4) is 0 Å². The van der Waals surface area contributed by atoms with Gasteiger partial charge in [0.25, 0.3) is 0 Å². The van der Waals surface area contributed by atoms with E-state index >= 15 is 0 Å². The fourth-order valence-corrected chi connectivity index (χ4v) is 2.50. The largest absolute Gasteiger partial charge is 0.343 e. The maximum Gasteiger partial charge on any atom is 0.222 e.